The maximum Gasteiger partial charge on any atom is 0.315 e. The third-order valence-corrected chi connectivity index (χ3v) is 3.23. The molecule has 0 aliphatic carbocycles. The fourth-order valence-electron chi connectivity index (χ4n) is 1.82. The smallest absolute Gasteiger partial charge is 0.315 e. The van der Waals surface area contributed by atoms with Crippen molar-refractivity contribution >= 4 is 12.1 Å². The highest BCUT2D eigenvalue weighted by atomic mass is 16.3. The molecule has 0 bridgehead atoms. The van der Waals surface area contributed by atoms with E-state index in [0.29, 0.717) is 13.1 Å². The van der Waals surface area contributed by atoms with Gasteiger partial charge in [-0.1, -0.05) is 56.3 Å². The van der Waals surface area contributed by atoms with E-state index in [9.17, 15) is 4.79 Å². The van der Waals surface area contributed by atoms with E-state index in [2.05, 4.69) is 10.6 Å². The minimum absolute atomic E-state index is 0.0728. The van der Waals surface area contributed by atoms with E-state index in [1.807, 2.05) is 56.3 Å². The second kappa shape index (κ2) is 9.19. The van der Waals surface area contributed by atoms with Crippen molar-refractivity contribution in [2.45, 2.75) is 26.7 Å². The van der Waals surface area contributed by atoms with Crippen LogP contribution < -0.4 is 10.6 Å². The van der Waals surface area contributed by atoms with Gasteiger partial charge in [0.25, 0.3) is 0 Å². The summed E-state index contributed by atoms with van der Waals surface area (Å²) >= 11 is 0. The first-order chi connectivity index (χ1) is 10.0. The van der Waals surface area contributed by atoms with Crippen LogP contribution in [0.5, 0.6) is 0 Å². The summed E-state index contributed by atoms with van der Waals surface area (Å²) in [5, 5.41) is 14.7. The zero-order valence-electron chi connectivity index (χ0n) is 12.9. The lowest BCUT2D eigenvalue weighted by Crippen LogP contribution is -2.36. The zero-order chi connectivity index (χ0) is 15.6. The molecular formula is C17H26N2O2. The van der Waals surface area contributed by atoms with Crippen molar-refractivity contribution in [1.29, 1.82) is 0 Å². The Kier molecular flexibility index (Phi) is 7.54. The van der Waals surface area contributed by atoms with Gasteiger partial charge in [-0.2, -0.15) is 0 Å². The van der Waals surface area contributed by atoms with Crippen LogP contribution in [0.15, 0.2) is 36.4 Å². The first kappa shape index (κ1) is 17.2. The van der Waals surface area contributed by atoms with Crippen LogP contribution in [0.3, 0.4) is 0 Å². The molecule has 4 nitrogen and oxygen atoms in total. The predicted molar refractivity (Wildman–Crippen MR) is 87.0 cm³/mol. The van der Waals surface area contributed by atoms with E-state index in [-0.39, 0.29) is 18.1 Å². The first-order valence-electron chi connectivity index (χ1n) is 7.38. The first-order valence-corrected chi connectivity index (χ1v) is 7.38. The Bertz CT molecular complexity index is 441. The van der Waals surface area contributed by atoms with Crippen LogP contribution in [-0.4, -0.2) is 30.8 Å². The largest absolute Gasteiger partial charge is 0.396 e. The van der Waals surface area contributed by atoms with Gasteiger partial charge in [0.15, 0.2) is 0 Å². The Labute approximate surface area is 127 Å². The number of benzene rings is 1. The predicted octanol–water partition coefficient (Wildman–Crippen LogP) is 2.80. The van der Waals surface area contributed by atoms with E-state index in [0.717, 1.165) is 18.4 Å². The molecule has 1 rings (SSSR count). The quantitative estimate of drug-likeness (QED) is 0.645. The van der Waals surface area contributed by atoms with Crippen molar-refractivity contribution in [2.24, 2.45) is 5.41 Å². The minimum Gasteiger partial charge on any atom is -0.396 e. The molecule has 0 aliphatic heterocycles. The molecule has 0 fully saturated rings. The van der Waals surface area contributed by atoms with Crippen molar-refractivity contribution < 1.29 is 9.90 Å². The van der Waals surface area contributed by atoms with Gasteiger partial charge in [0.1, 0.15) is 0 Å². The molecule has 1 aromatic rings. The molecule has 0 unspecified atom stereocenters. The van der Waals surface area contributed by atoms with E-state index in [1.54, 1.807) is 0 Å². The molecule has 4 heteroatoms. The lowest BCUT2D eigenvalue weighted by molar-refractivity contribution is 0.148. The molecule has 0 aliphatic rings. The van der Waals surface area contributed by atoms with Crippen LogP contribution in [0, 0.1) is 5.41 Å². The van der Waals surface area contributed by atoms with Crippen LogP contribution in [-0.2, 0) is 0 Å². The summed E-state index contributed by atoms with van der Waals surface area (Å²) in [6.07, 6.45) is 5.65. The van der Waals surface area contributed by atoms with Crippen molar-refractivity contribution in [3.05, 3.63) is 42.0 Å². The Morgan fingerprint density at radius 1 is 1.24 bits per heavy atom. The normalized spacial score (nSPS) is 11.6. The Hall–Kier alpha value is -1.81. The van der Waals surface area contributed by atoms with Crippen molar-refractivity contribution in [3.8, 4) is 0 Å². The number of rotatable bonds is 8. The zero-order valence-corrected chi connectivity index (χ0v) is 12.9. The average Bonchev–Trinajstić information content (AvgIpc) is 2.49. The van der Waals surface area contributed by atoms with Crippen molar-refractivity contribution in [2.75, 3.05) is 19.7 Å². The SMILES string of the molecule is CC(C)(CO)CCCNC(=O)NCC=Cc1ccccc1. The number of aliphatic hydroxyl groups is 1. The summed E-state index contributed by atoms with van der Waals surface area (Å²) in [5.41, 5.74) is 1.04. The molecule has 0 radical (unpaired) electrons. The van der Waals surface area contributed by atoms with Crippen LogP contribution in [0.1, 0.15) is 32.3 Å². The summed E-state index contributed by atoms with van der Waals surface area (Å²) in [6, 6.07) is 9.80. The minimum atomic E-state index is -0.158. The number of aliphatic hydroxyl groups excluding tert-OH is 1. The summed E-state index contributed by atoms with van der Waals surface area (Å²) in [6.45, 7) is 5.33. The van der Waals surface area contributed by atoms with Gasteiger partial charge >= 0.3 is 6.03 Å². The van der Waals surface area contributed by atoms with Crippen LogP contribution in [0.25, 0.3) is 6.08 Å². The standard InChI is InChI=1S/C17H26N2O2/c1-17(2,14-20)11-7-13-19-16(21)18-12-6-10-15-8-4-3-5-9-15/h3-6,8-10,20H,7,11-14H2,1-2H3,(H2,18,19,21). The highest BCUT2D eigenvalue weighted by molar-refractivity contribution is 5.74. The molecule has 0 aromatic heterocycles. The summed E-state index contributed by atoms with van der Waals surface area (Å²) in [7, 11) is 0. The van der Waals surface area contributed by atoms with Crippen molar-refractivity contribution in [1.82, 2.24) is 10.6 Å². The van der Waals surface area contributed by atoms with Crippen molar-refractivity contribution in [3.63, 3.8) is 0 Å². The van der Waals surface area contributed by atoms with Crippen LogP contribution in [0.4, 0.5) is 4.79 Å². The number of hydrogen-bond acceptors (Lipinski definition) is 2. The number of hydrogen-bond donors (Lipinski definition) is 3. The molecule has 0 atom stereocenters. The van der Waals surface area contributed by atoms with E-state index in [4.69, 9.17) is 5.11 Å². The van der Waals surface area contributed by atoms with Gasteiger partial charge in [-0.05, 0) is 23.8 Å². The highest BCUT2D eigenvalue weighted by Crippen LogP contribution is 2.20. The van der Waals surface area contributed by atoms with Gasteiger partial charge < -0.3 is 15.7 Å². The third kappa shape index (κ3) is 8.15. The topological polar surface area (TPSA) is 61.4 Å². The van der Waals surface area contributed by atoms with Gasteiger partial charge in [-0.25, -0.2) is 4.79 Å². The Balaban J connectivity index is 2.10. The van der Waals surface area contributed by atoms with Gasteiger partial charge in [-0.15, -0.1) is 0 Å². The summed E-state index contributed by atoms with van der Waals surface area (Å²) in [5.74, 6) is 0. The molecule has 2 amide bonds. The van der Waals surface area contributed by atoms with Gasteiger partial charge in [0.05, 0.1) is 0 Å². The van der Waals surface area contributed by atoms with E-state index >= 15 is 0 Å². The number of amides is 2. The van der Waals surface area contributed by atoms with Crippen LogP contribution >= 0.6 is 0 Å². The monoisotopic (exact) mass is 290 g/mol. The molecule has 116 valence electrons. The van der Waals surface area contributed by atoms with Crippen LogP contribution in [0.2, 0.25) is 0 Å². The van der Waals surface area contributed by atoms with E-state index in [1.165, 1.54) is 0 Å². The van der Waals surface area contributed by atoms with Gasteiger partial charge in [0.2, 0.25) is 0 Å². The fraction of sp³-hybridized carbons (Fsp3) is 0.471. The Morgan fingerprint density at radius 3 is 2.62 bits per heavy atom. The number of carbonyl (C=O) groups is 1. The Morgan fingerprint density at radius 2 is 1.95 bits per heavy atom. The highest BCUT2D eigenvalue weighted by Gasteiger charge is 2.15. The fourth-order valence-corrected chi connectivity index (χ4v) is 1.82. The average molecular weight is 290 g/mol. The molecule has 0 saturated carbocycles. The van der Waals surface area contributed by atoms with Gasteiger partial charge in [-0.3, -0.25) is 0 Å². The number of carbonyl (C=O) groups excluding carboxylic acids is 1. The number of urea groups is 1. The molecule has 1 aromatic carbocycles. The molecular weight excluding hydrogens is 264 g/mol. The third-order valence-electron chi connectivity index (χ3n) is 3.23. The van der Waals surface area contributed by atoms with E-state index < -0.39 is 0 Å². The lowest BCUT2D eigenvalue weighted by Gasteiger charge is -2.21. The second-order valence-electron chi connectivity index (χ2n) is 5.88. The summed E-state index contributed by atoms with van der Waals surface area (Å²) < 4.78 is 0. The molecule has 0 spiro atoms. The maximum atomic E-state index is 11.5. The molecule has 21 heavy (non-hydrogen) atoms. The maximum absolute atomic E-state index is 11.5. The van der Waals surface area contributed by atoms with Gasteiger partial charge in [0, 0.05) is 19.7 Å². The lowest BCUT2D eigenvalue weighted by atomic mass is 9.89. The second-order valence-corrected chi connectivity index (χ2v) is 5.88. The molecule has 0 heterocycles. The summed E-state index contributed by atoms with van der Waals surface area (Å²) in [4.78, 5) is 11.5. The molecule has 0 saturated heterocycles. The number of nitrogens with one attached hydrogen (secondary N) is 2. The molecule has 3 N–H and O–H groups in total.